The lowest BCUT2D eigenvalue weighted by molar-refractivity contribution is 0.978. The van der Waals surface area contributed by atoms with Crippen molar-refractivity contribution in [3.05, 3.63) is 99.5 Å². The molecule has 0 unspecified atom stereocenters. The number of hydrogen-bond donors (Lipinski definition) is 0. The molecule has 3 aromatic carbocycles. The molecule has 4 aromatic rings. The summed E-state index contributed by atoms with van der Waals surface area (Å²) in [5, 5.41) is 1.50. The van der Waals surface area contributed by atoms with E-state index in [-0.39, 0.29) is 0 Å². The number of nitrogens with zero attached hydrogens (tertiary/aromatic N) is 2. The minimum atomic E-state index is 0.744. The molecule has 0 aliphatic rings. The van der Waals surface area contributed by atoms with Crippen molar-refractivity contribution < 1.29 is 0 Å². The summed E-state index contributed by atoms with van der Waals surface area (Å²) in [6.07, 6.45) is 0. The Morgan fingerprint density at radius 1 is 0.793 bits per heavy atom. The molecular formula is C24H18BrClN2S. The Morgan fingerprint density at radius 3 is 1.93 bits per heavy atom. The van der Waals surface area contributed by atoms with Gasteiger partial charge in [-0.2, -0.15) is 0 Å². The van der Waals surface area contributed by atoms with E-state index in [4.69, 9.17) is 21.6 Å². The van der Waals surface area contributed by atoms with E-state index in [9.17, 15) is 0 Å². The monoisotopic (exact) mass is 480 g/mol. The van der Waals surface area contributed by atoms with Crippen LogP contribution in [0, 0.1) is 6.92 Å². The number of aromatic nitrogens is 2. The normalized spacial score (nSPS) is 10.9. The Kier molecular flexibility index (Phi) is 6.34. The highest BCUT2D eigenvalue weighted by molar-refractivity contribution is 9.10. The first-order chi connectivity index (χ1) is 14.1. The number of aryl methyl sites for hydroxylation is 1. The lowest BCUT2D eigenvalue weighted by Crippen LogP contribution is -1.95. The molecule has 2 nitrogen and oxygen atoms in total. The Bertz CT molecular complexity index is 1050. The van der Waals surface area contributed by atoms with Crippen LogP contribution < -0.4 is 0 Å². The molecule has 0 bridgehead atoms. The zero-order valence-corrected chi connectivity index (χ0v) is 18.9. The maximum absolute atomic E-state index is 5.99. The summed E-state index contributed by atoms with van der Waals surface area (Å²) in [5.41, 5.74) is 6.42. The van der Waals surface area contributed by atoms with Gasteiger partial charge in [-0.05, 0) is 42.8 Å². The molecule has 0 amide bonds. The Labute approximate surface area is 188 Å². The third kappa shape index (κ3) is 5.27. The van der Waals surface area contributed by atoms with Crippen molar-refractivity contribution in [1.82, 2.24) is 9.97 Å². The predicted octanol–water partition coefficient (Wildman–Crippen LogP) is 7.83. The summed E-state index contributed by atoms with van der Waals surface area (Å²) in [6, 6.07) is 26.6. The highest BCUT2D eigenvalue weighted by Gasteiger charge is 2.10. The molecule has 0 atom stereocenters. The highest BCUT2D eigenvalue weighted by Crippen LogP contribution is 2.29. The second-order valence-electron chi connectivity index (χ2n) is 6.71. The molecule has 0 saturated carbocycles. The molecule has 144 valence electrons. The lowest BCUT2D eigenvalue weighted by atomic mass is 10.1. The molecule has 0 saturated heterocycles. The topological polar surface area (TPSA) is 25.8 Å². The summed E-state index contributed by atoms with van der Waals surface area (Å²) >= 11 is 11.1. The fraction of sp³-hybridized carbons (Fsp3) is 0.0833. The maximum atomic E-state index is 5.99. The van der Waals surface area contributed by atoms with Gasteiger partial charge in [-0.3, -0.25) is 0 Å². The first-order valence-corrected chi connectivity index (χ1v) is 11.3. The second-order valence-corrected chi connectivity index (χ2v) is 9.00. The lowest BCUT2D eigenvalue weighted by Gasteiger charge is -2.09. The number of benzene rings is 3. The van der Waals surface area contributed by atoms with Crippen LogP contribution in [0.1, 0.15) is 11.1 Å². The van der Waals surface area contributed by atoms with Gasteiger partial charge in [-0.1, -0.05) is 93.4 Å². The van der Waals surface area contributed by atoms with Crippen LogP contribution in [0.5, 0.6) is 0 Å². The van der Waals surface area contributed by atoms with Gasteiger partial charge in [-0.25, -0.2) is 9.97 Å². The third-order valence-electron chi connectivity index (χ3n) is 4.47. The highest BCUT2D eigenvalue weighted by atomic mass is 79.9. The Balaban J connectivity index is 1.69. The van der Waals surface area contributed by atoms with Gasteiger partial charge >= 0.3 is 0 Å². The van der Waals surface area contributed by atoms with E-state index in [0.29, 0.717) is 0 Å². The molecule has 4 rings (SSSR count). The van der Waals surface area contributed by atoms with E-state index >= 15 is 0 Å². The zero-order valence-electron chi connectivity index (χ0n) is 15.8. The van der Waals surface area contributed by atoms with Crippen LogP contribution in [0.4, 0.5) is 0 Å². The van der Waals surface area contributed by atoms with Gasteiger partial charge in [0.1, 0.15) is 0 Å². The van der Waals surface area contributed by atoms with Gasteiger partial charge in [0.05, 0.1) is 11.4 Å². The van der Waals surface area contributed by atoms with Crippen LogP contribution in [0.3, 0.4) is 0 Å². The van der Waals surface area contributed by atoms with Gasteiger partial charge < -0.3 is 0 Å². The predicted molar refractivity (Wildman–Crippen MR) is 126 cm³/mol. The van der Waals surface area contributed by atoms with Crippen molar-refractivity contribution in [3.8, 4) is 22.5 Å². The molecule has 0 aliphatic heterocycles. The molecule has 0 fully saturated rings. The molecule has 29 heavy (non-hydrogen) atoms. The summed E-state index contributed by atoms with van der Waals surface area (Å²) in [7, 11) is 0. The first kappa shape index (κ1) is 20.1. The molecule has 0 radical (unpaired) electrons. The van der Waals surface area contributed by atoms with Crippen LogP contribution in [-0.2, 0) is 5.75 Å². The van der Waals surface area contributed by atoms with Gasteiger partial charge in [0.2, 0.25) is 0 Å². The van der Waals surface area contributed by atoms with Gasteiger partial charge in [0.25, 0.3) is 0 Å². The molecular weight excluding hydrogens is 464 g/mol. The van der Waals surface area contributed by atoms with Gasteiger partial charge in [-0.15, -0.1) is 0 Å². The van der Waals surface area contributed by atoms with Crippen molar-refractivity contribution in [1.29, 1.82) is 0 Å². The minimum Gasteiger partial charge on any atom is -0.222 e. The fourth-order valence-electron chi connectivity index (χ4n) is 2.86. The smallest absolute Gasteiger partial charge is 0.189 e. The molecule has 1 heterocycles. The maximum Gasteiger partial charge on any atom is 0.189 e. The number of halogens is 2. The quantitative estimate of drug-likeness (QED) is 0.214. The van der Waals surface area contributed by atoms with Crippen LogP contribution >= 0.6 is 39.3 Å². The SMILES string of the molecule is Cc1ccc(-c2cc(-c3ccc(Br)cc3)nc(SCc3ccc(Cl)cc3)n2)cc1. The molecule has 1 aromatic heterocycles. The van der Waals surface area contributed by atoms with Crippen molar-refractivity contribution in [2.24, 2.45) is 0 Å². The van der Waals surface area contributed by atoms with Crippen LogP contribution in [0.15, 0.2) is 88.5 Å². The summed E-state index contributed by atoms with van der Waals surface area (Å²) < 4.78 is 1.05. The van der Waals surface area contributed by atoms with E-state index in [1.165, 1.54) is 11.1 Å². The Morgan fingerprint density at radius 2 is 1.34 bits per heavy atom. The summed E-state index contributed by atoms with van der Waals surface area (Å²) in [5.74, 6) is 0.786. The van der Waals surface area contributed by atoms with E-state index < -0.39 is 0 Å². The van der Waals surface area contributed by atoms with Gasteiger partial charge in [0.15, 0.2) is 5.16 Å². The largest absolute Gasteiger partial charge is 0.222 e. The standard InChI is InChI=1S/C24H18BrClN2S/c1-16-2-6-18(7-3-16)22-14-23(19-8-10-20(25)11-9-19)28-24(27-22)29-15-17-4-12-21(26)13-5-17/h2-14H,15H2,1H3. The van der Waals surface area contributed by atoms with Gasteiger partial charge in [0, 0.05) is 26.4 Å². The van der Waals surface area contributed by atoms with E-state index in [0.717, 1.165) is 42.9 Å². The second kappa shape index (κ2) is 9.12. The van der Waals surface area contributed by atoms with Crippen molar-refractivity contribution in [2.45, 2.75) is 17.8 Å². The van der Waals surface area contributed by atoms with Crippen molar-refractivity contribution >= 4 is 39.3 Å². The first-order valence-electron chi connectivity index (χ1n) is 9.16. The number of hydrogen-bond acceptors (Lipinski definition) is 3. The minimum absolute atomic E-state index is 0.744. The molecule has 5 heteroatoms. The third-order valence-corrected chi connectivity index (χ3v) is 6.17. The summed E-state index contributed by atoms with van der Waals surface area (Å²) in [6.45, 7) is 2.09. The van der Waals surface area contributed by atoms with Crippen molar-refractivity contribution in [3.63, 3.8) is 0 Å². The Hall–Kier alpha value is -2.14. The number of rotatable bonds is 5. The summed E-state index contributed by atoms with van der Waals surface area (Å²) in [4.78, 5) is 9.65. The van der Waals surface area contributed by atoms with E-state index in [1.807, 2.05) is 36.4 Å². The fourth-order valence-corrected chi connectivity index (χ4v) is 4.06. The van der Waals surface area contributed by atoms with E-state index in [2.05, 4.69) is 65.3 Å². The van der Waals surface area contributed by atoms with Crippen LogP contribution in [0.2, 0.25) is 5.02 Å². The average molecular weight is 482 g/mol. The van der Waals surface area contributed by atoms with E-state index in [1.54, 1.807) is 11.8 Å². The van der Waals surface area contributed by atoms with Crippen molar-refractivity contribution in [2.75, 3.05) is 0 Å². The molecule has 0 aliphatic carbocycles. The molecule has 0 spiro atoms. The molecule has 0 N–H and O–H groups in total. The average Bonchev–Trinajstić information content (AvgIpc) is 2.74. The zero-order chi connectivity index (χ0) is 20.2. The van der Waals surface area contributed by atoms with Crippen LogP contribution in [0.25, 0.3) is 22.5 Å². The van der Waals surface area contributed by atoms with Crippen LogP contribution in [-0.4, -0.2) is 9.97 Å². The number of thioether (sulfide) groups is 1.